The molecule has 1 aromatic carbocycles. The van der Waals surface area contributed by atoms with E-state index in [0.717, 1.165) is 32.2 Å². The third-order valence-electron chi connectivity index (χ3n) is 4.90. The predicted molar refractivity (Wildman–Crippen MR) is 102 cm³/mol. The van der Waals surface area contributed by atoms with E-state index >= 15 is 0 Å². The molecule has 0 bridgehead atoms. The van der Waals surface area contributed by atoms with Crippen LogP contribution >= 0.6 is 15.9 Å². The molecular formula is C19H19BrF2N4O. The van der Waals surface area contributed by atoms with E-state index in [9.17, 15) is 8.78 Å². The fourth-order valence-corrected chi connectivity index (χ4v) is 4.06. The van der Waals surface area contributed by atoms with Gasteiger partial charge in [0.2, 0.25) is 0 Å². The summed E-state index contributed by atoms with van der Waals surface area (Å²) in [4.78, 5) is 6.30. The summed E-state index contributed by atoms with van der Waals surface area (Å²) in [6.07, 6.45) is 4.18. The van der Waals surface area contributed by atoms with E-state index < -0.39 is 12.5 Å². The Hall–Kier alpha value is -1.90. The topological polar surface area (TPSA) is 54.0 Å². The van der Waals surface area contributed by atoms with Gasteiger partial charge in [0.1, 0.15) is 6.61 Å². The Bertz CT molecular complexity index is 945. The van der Waals surface area contributed by atoms with Crippen LogP contribution in [0, 0.1) is 0 Å². The number of halogens is 3. The maximum atomic E-state index is 14.3. The van der Waals surface area contributed by atoms with Crippen LogP contribution in [-0.4, -0.2) is 52.8 Å². The van der Waals surface area contributed by atoms with Crippen LogP contribution in [0.25, 0.3) is 10.9 Å². The number of methoxy groups -OCH3 is 1. The molecular weight excluding hydrogens is 418 g/mol. The van der Waals surface area contributed by atoms with E-state index in [2.05, 4.69) is 31.1 Å². The lowest BCUT2D eigenvalue weighted by atomic mass is 9.88. The summed E-state index contributed by atoms with van der Waals surface area (Å²) in [6, 6.07) is 7.36. The van der Waals surface area contributed by atoms with Crippen molar-refractivity contribution in [3.8, 4) is 0 Å². The van der Waals surface area contributed by atoms with Crippen LogP contribution in [0.15, 0.2) is 41.1 Å². The molecule has 1 aliphatic rings. The Labute approximate surface area is 163 Å². The van der Waals surface area contributed by atoms with Crippen molar-refractivity contribution in [1.29, 1.82) is 0 Å². The van der Waals surface area contributed by atoms with E-state index in [1.54, 1.807) is 17.3 Å². The molecule has 0 spiro atoms. The predicted octanol–water partition coefficient (Wildman–Crippen LogP) is 3.95. The Balaban J connectivity index is 1.79. The third-order valence-corrected chi connectivity index (χ3v) is 5.37. The second-order valence-electron chi connectivity index (χ2n) is 6.78. The standard InChI is InChI=1S/C19H19BrF2N4O/c1-27-11-19(21,22)10-26-7-6-13-14(3-5-16-15(13)9-24-25-16)18(26)17-4-2-12(20)8-23-17/h2-5,8-9,18H,6-7,10-11H2,1H3,(H,24,25). The van der Waals surface area contributed by atoms with Crippen LogP contribution in [0.5, 0.6) is 0 Å². The van der Waals surface area contributed by atoms with Gasteiger partial charge in [-0.2, -0.15) is 5.10 Å². The molecule has 1 N–H and O–H groups in total. The van der Waals surface area contributed by atoms with Gasteiger partial charge in [0.25, 0.3) is 5.92 Å². The summed E-state index contributed by atoms with van der Waals surface area (Å²) in [5.41, 5.74) is 3.84. The van der Waals surface area contributed by atoms with Crippen molar-refractivity contribution in [3.05, 3.63) is 58.0 Å². The highest BCUT2D eigenvalue weighted by molar-refractivity contribution is 9.10. The SMILES string of the molecule is COCC(F)(F)CN1CCc2c(ccc3[nH]ncc23)C1c1ccc(Br)cn1. The van der Waals surface area contributed by atoms with Crippen LogP contribution in [0.1, 0.15) is 22.9 Å². The fourth-order valence-electron chi connectivity index (χ4n) is 3.83. The maximum Gasteiger partial charge on any atom is 0.283 e. The Kier molecular flexibility index (Phi) is 4.96. The number of nitrogens with one attached hydrogen (secondary N) is 1. The molecule has 0 amide bonds. The molecule has 3 heterocycles. The van der Waals surface area contributed by atoms with Gasteiger partial charge in [-0.25, -0.2) is 8.78 Å². The molecule has 5 nitrogen and oxygen atoms in total. The molecule has 8 heteroatoms. The smallest absolute Gasteiger partial charge is 0.283 e. The zero-order valence-electron chi connectivity index (χ0n) is 14.8. The average molecular weight is 437 g/mol. The van der Waals surface area contributed by atoms with Crippen molar-refractivity contribution in [2.45, 2.75) is 18.4 Å². The number of H-pyrrole nitrogens is 1. The van der Waals surface area contributed by atoms with E-state index in [4.69, 9.17) is 4.74 Å². The van der Waals surface area contributed by atoms with Crippen LogP contribution in [0.3, 0.4) is 0 Å². The molecule has 0 saturated heterocycles. The molecule has 4 rings (SSSR count). The van der Waals surface area contributed by atoms with Crippen LogP contribution in [0.4, 0.5) is 8.78 Å². The average Bonchev–Trinajstić information content (AvgIpc) is 3.11. The summed E-state index contributed by atoms with van der Waals surface area (Å²) < 4.78 is 34.2. The summed E-state index contributed by atoms with van der Waals surface area (Å²) in [5.74, 6) is -2.93. The fraction of sp³-hybridized carbons (Fsp3) is 0.368. The second kappa shape index (κ2) is 7.26. The summed E-state index contributed by atoms with van der Waals surface area (Å²) in [6.45, 7) is -0.470. The molecule has 142 valence electrons. The minimum atomic E-state index is -2.93. The first-order valence-electron chi connectivity index (χ1n) is 8.65. The largest absolute Gasteiger partial charge is 0.378 e. The number of aromatic amines is 1. The highest BCUT2D eigenvalue weighted by Gasteiger charge is 2.38. The lowest BCUT2D eigenvalue weighted by molar-refractivity contribution is -0.0895. The molecule has 27 heavy (non-hydrogen) atoms. The van der Waals surface area contributed by atoms with Crippen LogP contribution in [0.2, 0.25) is 0 Å². The summed E-state index contributed by atoms with van der Waals surface area (Å²) >= 11 is 3.39. The quantitative estimate of drug-likeness (QED) is 0.657. The lowest BCUT2D eigenvalue weighted by Crippen LogP contribution is -2.45. The molecule has 2 aromatic heterocycles. The number of nitrogens with zero attached hydrogens (tertiary/aromatic N) is 3. The van der Waals surface area contributed by atoms with E-state index in [1.807, 2.05) is 24.3 Å². The molecule has 1 unspecified atom stereocenters. The number of fused-ring (bicyclic) bond motifs is 3. The van der Waals surface area contributed by atoms with E-state index in [-0.39, 0.29) is 12.6 Å². The molecule has 1 atom stereocenters. The van der Waals surface area contributed by atoms with Gasteiger partial charge in [-0.3, -0.25) is 15.0 Å². The van der Waals surface area contributed by atoms with Gasteiger partial charge in [-0.15, -0.1) is 0 Å². The van der Waals surface area contributed by atoms with Crippen molar-refractivity contribution in [2.75, 3.05) is 26.8 Å². The van der Waals surface area contributed by atoms with Gasteiger partial charge < -0.3 is 4.74 Å². The maximum absolute atomic E-state index is 14.3. The van der Waals surface area contributed by atoms with Crippen molar-refractivity contribution in [2.24, 2.45) is 0 Å². The van der Waals surface area contributed by atoms with Crippen molar-refractivity contribution >= 4 is 26.8 Å². The Morgan fingerprint density at radius 2 is 2.15 bits per heavy atom. The Morgan fingerprint density at radius 3 is 2.89 bits per heavy atom. The van der Waals surface area contributed by atoms with Gasteiger partial charge in [-0.05, 0) is 51.7 Å². The number of aromatic nitrogens is 3. The van der Waals surface area contributed by atoms with Crippen LogP contribution in [-0.2, 0) is 11.2 Å². The molecule has 0 fully saturated rings. The van der Waals surface area contributed by atoms with Gasteiger partial charge in [0, 0.05) is 29.7 Å². The van der Waals surface area contributed by atoms with Crippen molar-refractivity contribution in [3.63, 3.8) is 0 Å². The first-order chi connectivity index (χ1) is 13.0. The van der Waals surface area contributed by atoms with Gasteiger partial charge >= 0.3 is 0 Å². The number of pyridine rings is 1. The van der Waals surface area contributed by atoms with Gasteiger partial charge in [-0.1, -0.05) is 6.07 Å². The van der Waals surface area contributed by atoms with E-state index in [1.165, 1.54) is 7.11 Å². The number of rotatable bonds is 5. The van der Waals surface area contributed by atoms with Gasteiger partial charge in [0.15, 0.2) is 0 Å². The number of ether oxygens (including phenoxy) is 1. The number of hydrogen-bond donors (Lipinski definition) is 1. The monoisotopic (exact) mass is 436 g/mol. The number of benzene rings is 1. The zero-order chi connectivity index (χ0) is 19.0. The first kappa shape index (κ1) is 18.5. The van der Waals surface area contributed by atoms with Gasteiger partial charge in [0.05, 0.1) is 30.0 Å². The minimum Gasteiger partial charge on any atom is -0.378 e. The molecule has 0 saturated carbocycles. The highest BCUT2D eigenvalue weighted by atomic mass is 79.9. The highest BCUT2D eigenvalue weighted by Crippen LogP contribution is 2.38. The lowest BCUT2D eigenvalue weighted by Gasteiger charge is -2.38. The molecule has 0 radical (unpaired) electrons. The first-order valence-corrected chi connectivity index (χ1v) is 9.45. The van der Waals surface area contributed by atoms with Crippen molar-refractivity contribution < 1.29 is 13.5 Å². The summed E-state index contributed by atoms with van der Waals surface area (Å²) in [5, 5.41) is 8.14. The van der Waals surface area contributed by atoms with E-state index in [0.29, 0.717) is 13.0 Å². The Morgan fingerprint density at radius 1 is 1.30 bits per heavy atom. The number of hydrogen-bond acceptors (Lipinski definition) is 4. The molecule has 0 aliphatic carbocycles. The minimum absolute atomic E-state index is 0.344. The summed E-state index contributed by atoms with van der Waals surface area (Å²) in [7, 11) is 1.29. The second-order valence-corrected chi connectivity index (χ2v) is 7.69. The van der Waals surface area contributed by atoms with Crippen LogP contribution < -0.4 is 0 Å². The van der Waals surface area contributed by atoms with Crippen molar-refractivity contribution in [1.82, 2.24) is 20.1 Å². The molecule has 3 aromatic rings. The molecule has 1 aliphatic heterocycles. The normalized spacial score (nSPS) is 18.0. The zero-order valence-corrected chi connectivity index (χ0v) is 16.3. The number of alkyl halides is 2. The third kappa shape index (κ3) is 3.61.